The predicted octanol–water partition coefficient (Wildman–Crippen LogP) is 2.70. The average molecular weight is 359 g/mol. The van der Waals surface area contributed by atoms with E-state index in [9.17, 15) is 4.79 Å². The van der Waals surface area contributed by atoms with Crippen LogP contribution in [0, 0.1) is 0 Å². The van der Waals surface area contributed by atoms with Crippen LogP contribution in [0.5, 0.6) is 5.75 Å². The molecular formula is C20H17N5O2. The first kappa shape index (κ1) is 16.7. The molecule has 4 rings (SSSR count). The van der Waals surface area contributed by atoms with E-state index in [0.29, 0.717) is 23.2 Å². The normalized spacial score (nSPS) is 10.9. The van der Waals surface area contributed by atoms with Crippen LogP contribution in [0.2, 0.25) is 0 Å². The molecule has 0 aliphatic heterocycles. The minimum Gasteiger partial charge on any atom is -0.494 e. The molecule has 4 aromatic rings. The molecule has 3 N–H and O–H groups in total. The van der Waals surface area contributed by atoms with Gasteiger partial charge in [-0.25, -0.2) is 9.97 Å². The Morgan fingerprint density at radius 3 is 2.74 bits per heavy atom. The van der Waals surface area contributed by atoms with E-state index in [1.165, 1.54) is 0 Å². The van der Waals surface area contributed by atoms with E-state index in [2.05, 4.69) is 20.3 Å². The number of nitrogens with two attached hydrogens (primary N) is 1. The van der Waals surface area contributed by atoms with Crippen molar-refractivity contribution in [1.82, 2.24) is 20.3 Å². The zero-order valence-corrected chi connectivity index (χ0v) is 14.6. The van der Waals surface area contributed by atoms with E-state index in [-0.39, 0.29) is 17.5 Å². The number of pyridine rings is 1. The molecule has 0 radical (unpaired) electrons. The molecule has 134 valence electrons. The van der Waals surface area contributed by atoms with Gasteiger partial charge in [0, 0.05) is 23.5 Å². The Balaban J connectivity index is 1.67. The molecule has 7 heteroatoms. The van der Waals surface area contributed by atoms with Crippen molar-refractivity contribution in [2.75, 3.05) is 12.8 Å². The first-order valence-corrected chi connectivity index (χ1v) is 8.38. The summed E-state index contributed by atoms with van der Waals surface area (Å²) in [5.41, 5.74) is 8.29. The highest BCUT2D eigenvalue weighted by molar-refractivity contribution is 6.06. The molecule has 7 nitrogen and oxygen atoms in total. The summed E-state index contributed by atoms with van der Waals surface area (Å²) < 4.78 is 5.31. The Kier molecular flexibility index (Phi) is 4.25. The third-order valence-corrected chi connectivity index (χ3v) is 4.30. The van der Waals surface area contributed by atoms with E-state index in [4.69, 9.17) is 10.5 Å². The first-order valence-electron chi connectivity index (χ1n) is 8.38. The number of ether oxygens (including phenoxy) is 1. The highest BCUT2D eigenvalue weighted by Crippen LogP contribution is 2.26. The van der Waals surface area contributed by atoms with E-state index in [0.717, 1.165) is 16.5 Å². The summed E-state index contributed by atoms with van der Waals surface area (Å²) in [5.74, 6) is 0.216. The van der Waals surface area contributed by atoms with Crippen molar-refractivity contribution in [2.24, 2.45) is 0 Å². The maximum atomic E-state index is 12.8. The number of nitrogens with one attached hydrogen (secondary N) is 1. The Labute approximate surface area is 155 Å². The summed E-state index contributed by atoms with van der Waals surface area (Å²) in [6.07, 6.45) is 1.73. The smallest absolute Gasteiger partial charge is 0.271 e. The van der Waals surface area contributed by atoms with Gasteiger partial charge in [0.1, 0.15) is 17.0 Å². The molecule has 0 fully saturated rings. The highest BCUT2D eigenvalue weighted by Gasteiger charge is 2.16. The summed E-state index contributed by atoms with van der Waals surface area (Å²) in [7, 11) is 1.54. The zero-order chi connectivity index (χ0) is 18.8. The second-order valence-electron chi connectivity index (χ2n) is 5.96. The molecule has 27 heavy (non-hydrogen) atoms. The quantitative estimate of drug-likeness (QED) is 0.581. The number of methoxy groups -OCH3 is 1. The van der Waals surface area contributed by atoms with Crippen molar-refractivity contribution >= 4 is 33.7 Å². The van der Waals surface area contributed by atoms with Crippen LogP contribution < -0.4 is 15.8 Å². The molecule has 0 bridgehead atoms. The lowest BCUT2D eigenvalue weighted by Gasteiger charge is -2.11. The number of anilines is 1. The number of para-hydroxylation sites is 2. The van der Waals surface area contributed by atoms with Crippen LogP contribution in [0.3, 0.4) is 0 Å². The maximum absolute atomic E-state index is 12.8. The Hall–Kier alpha value is -3.74. The maximum Gasteiger partial charge on any atom is 0.271 e. The molecular weight excluding hydrogens is 342 g/mol. The molecule has 2 aromatic carbocycles. The molecule has 2 aromatic heterocycles. The number of carbonyl (C=O) groups excluding carboxylic acids is 1. The number of nitrogen functional groups attached to an aromatic ring is 1. The Morgan fingerprint density at radius 1 is 1.07 bits per heavy atom. The number of fused-ring (bicyclic) bond motifs is 2. The lowest BCUT2D eigenvalue weighted by atomic mass is 10.1. The SMILES string of the molecule is COc1cccc2c(C(=O)NCc3cccc4cccnc34)nc(N)nc12. The van der Waals surface area contributed by atoms with Crippen molar-refractivity contribution in [1.29, 1.82) is 0 Å². The highest BCUT2D eigenvalue weighted by atomic mass is 16.5. The van der Waals surface area contributed by atoms with E-state index >= 15 is 0 Å². The lowest BCUT2D eigenvalue weighted by Crippen LogP contribution is -2.25. The van der Waals surface area contributed by atoms with Gasteiger partial charge in [-0.1, -0.05) is 36.4 Å². The van der Waals surface area contributed by atoms with Gasteiger partial charge in [0.25, 0.3) is 5.91 Å². The van der Waals surface area contributed by atoms with Gasteiger partial charge in [0.2, 0.25) is 5.95 Å². The van der Waals surface area contributed by atoms with Crippen LogP contribution in [-0.4, -0.2) is 28.0 Å². The van der Waals surface area contributed by atoms with E-state index in [1.807, 2.05) is 30.3 Å². The van der Waals surface area contributed by atoms with Gasteiger partial charge in [-0.15, -0.1) is 0 Å². The number of nitrogens with zero attached hydrogens (tertiary/aromatic N) is 3. The predicted molar refractivity (Wildman–Crippen MR) is 103 cm³/mol. The van der Waals surface area contributed by atoms with E-state index in [1.54, 1.807) is 31.5 Å². The summed E-state index contributed by atoms with van der Waals surface area (Å²) in [4.78, 5) is 25.5. The Bertz CT molecular complexity index is 1150. The minimum atomic E-state index is -0.338. The van der Waals surface area contributed by atoms with Crippen LogP contribution in [0.4, 0.5) is 5.95 Å². The van der Waals surface area contributed by atoms with Gasteiger partial charge in [-0.3, -0.25) is 9.78 Å². The number of aromatic nitrogens is 3. The summed E-state index contributed by atoms with van der Waals surface area (Å²) in [5, 5.41) is 4.50. The molecule has 0 saturated heterocycles. The van der Waals surface area contributed by atoms with Crippen LogP contribution in [0.1, 0.15) is 16.1 Å². The Morgan fingerprint density at radius 2 is 1.89 bits per heavy atom. The fourth-order valence-corrected chi connectivity index (χ4v) is 3.05. The van der Waals surface area contributed by atoms with Gasteiger partial charge < -0.3 is 15.8 Å². The van der Waals surface area contributed by atoms with Crippen LogP contribution >= 0.6 is 0 Å². The largest absolute Gasteiger partial charge is 0.494 e. The van der Waals surface area contributed by atoms with Gasteiger partial charge in [0.15, 0.2) is 0 Å². The second kappa shape index (κ2) is 6.87. The topological polar surface area (TPSA) is 103 Å². The molecule has 0 saturated carbocycles. The number of benzene rings is 2. The second-order valence-corrected chi connectivity index (χ2v) is 5.96. The number of rotatable bonds is 4. The average Bonchev–Trinajstić information content (AvgIpc) is 2.70. The lowest BCUT2D eigenvalue weighted by molar-refractivity contribution is 0.0948. The number of carbonyl (C=O) groups is 1. The fourth-order valence-electron chi connectivity index (χ4n) is 3.05. The fraction of sp³-hybridized carbons (Fsp3) is 0.100. The van der Waals surface area contributed by atoms with Crippen molar-refractivity contribution in [3.05, 3.63) is 66.0 Å². The summed E-state index contributed by atoms with van der Waals surface area (Å²) >= 11 is 0. The van der Waals surface area contributed by atoms with E-state index < -0.39 is 0 Å². The monoisotopic (exact) mass is 359 g/mol. The van der Waals surface area contributed by atoms with Crippen LogP contribution in [-0.2, 0) is 6.54 Å². The summed E-state index contributed by atoms with van der Waals surface area (Å²) in [6.45, 7) is 0.322. The number of hydrogen-bond acceptors (Lipinski definition) is 6. The standard InChI is InChI=1S/C20H17N5O2/c1-27-15-9-3-8-14-17(15)24-20(21)25-18(14)19(26)23-11-13-6-2-5-12-7-4-10-22-16(12)13/h2-10H,11H2,1H3,(H,23,26)(H2,21,24,25). The molecule has 2 heterocycles. The molecule has 0 aliphatic rings. The van der Waals surface area contributed by atoms with Crippen molar-refractivity contribution < 1.29 is 9.53 Å². The van der Waals surface area contributed by atoms with Crippen molar-refractivity contribution in [3.8, 4) is 5.75 Å². The van der Waals surface area contributed by atoms with Crippen LogP contribution in [0.15, 0.2) is 54.7 Å². The third kappa shape index (κ3) is 3.10. The summed E-state index contributed by atoms with van der Waals surface area (Å²) in [6, 6.07) is 15.0. The molecule has 0 atom stereocenters. The molecule has 0 unspecified atom stereocenters. The number of amides is 1. The minimum absolute atomic E-state index is 0.0176. The van der Waals surface area contributed by atoms with Crippen molar-refractivity contribution in [2.45, 2.75) is 6.54 Å². The molecule has 0 aliphatic carbocycles. The van der Waals surface area contributed by atoms with Crippen molar-refractivity contribution in [3.63, 3.8) is 0 Å². The third-order valence-electron chi connectivity index (χ3n) is 4.30. The van der Waals surface area contributed by atoms with Crippen LogP contribution in [0.25, 0.3) is 21.8 Å². The van der Waals surface area contributed by atoms with Gasteiger partial charge in [0.05, 0.1) is 12.6 Å². The molecule has 1 amide bonds. The van der Waals surface area contributed by atoms with Gasteiger partial charge in [-0.05, 0) is 17.7 Å². The van der Waals surface area contributed by atoms with Gasteiger partial charge >= 0.3 is 0 Å². The molecule has 0 spiro atoms. The first-order chi connectivity index (χ1) is 13.2. The number of hydrogen-bond donors (Lipinski definition) is 2. The van der Waals surface area contributed by atoms with Gasteiger partial charge in [-0.2, -0.15) is 0 Å². The zero-order valence-electron chi connectivity index (χ0n) is 14.6.